The largest absolute Gasteiger partial charge is 0.493 e. The van der Waals surface area contributed by atoms with Crippen molar-refractivity contribution in [2.45, 2.75) is 19.9 Å². The van der Waals surface area contributed by atoms with Gasteiger partial charge in [-0.2, -0.15) is 0 Å². The average molecular weight is 324 g/mol. The number of nitrogens with one attached hydrogen (secondary N) is 1. The lowest BCUT2D eigenvalue weighted by molar-refractivity contribution is 0.353. The van der Waals surface area contributed by atoms with Crippen LogP contribution in [0.25, 0.3) is 11.0 Å². The van der Waals surface area contributed by atoms with Gasteiger partial charge in [-0.1, -0.05) is 0 Å². The summed E-state index contributed by atoms with van der Waals surface area (Å²) in [7, 11) is 3.34. The van der Waals surface area contributed by atoms with Crippen molar-refractivity contribution < 1.29 is 9.47 Å². The molecular weight excluding hydrogens is 304 g/mol. The zero-order valence-corrected chi connectivity index (χ0v) is 14.1. The van der Waals surface area contributed by atoms with Gasteiger partial charge in [-0.15, -0.1) is 0 Å². The zero-order valence-electron chi connectivity index (χ0n) is 14.1. The van der Waals surface area contributed by atoms with Crippen molar-refractivity contribution in [3.05, 3.63) is 41.3 Å². The van der Waals surface area contributed by atoms with Crippen LogP contribution in [0.4, 0.5) is 5.82 Å². The van der Waals surface area contributed by atoms with Gasteiger partial charge in [-0.05, 0) is 42.7 Å². The molecule has 0 spiro atoms. The van der Waals surface area contributed by atoms with Gasteiger partial charge in [0.15, 0.2) is 17.3 Å². The Morgan fingerprint density at radius 2 is 1.79 bits per heavy atom. The fourth-order valence-corrected chi connectivity index (χ4v) is 3.36. The first-order chi connectivity index (χ1) is 11.7. The Bertz CT molecular complexity index is 903. The van der Waals surface area contributed by atoms with Crippen LogP contribution < -0.4 is 14.4 Å². The number of aryl methyl sites for hydroxylation is 1. The number of fused-ring (bicyclic) bond motifs is 2. The normalized spacial score (nSPS) is 13.9. The molecule has 1 aliphatic heterocycles. The second-order valence-electron chi connectivity index (χ2n) is 6.06. The monoisotopic (exact) mass is 324 g/mol. The van der Waals surface area contributed by atoms with Crippen LogP contribution in [0, 0.1) is 6.92 Å². The van der Waals surface area contributed by atoms with Crippen LogP contribution in [-0.4, -0.2) is 35.7 Å². The molecule has 0 atom stereocenters. The second-order valence-corrected chi connectivity index (χ2v) is 6.06. The van der Waals surface area contributed by atoms with Crippen molar-refractivity contribution in [3.8, 4) is 11.5 Å². The van der Waals surface area contributed by atoms with Gasteiger partial charge in [-0.3, -0.25) is 0 Å². The molecule has 0 radical (unpaired) electrons. The van der Waals surface area contributed by atoms with E-state index in [9.17, 15) is 0 Å². The van der Waals surface area contributed by atoms with Crippen molar-refractivity contribution in [2.75, 3.05) is 25.7 Å². The number of H-pyrrole nitrogens is 1. The average Bonchev–Trinajstić information content (AvgIpc) is 3.00. The molecule has 0 saturated heterocycles. The minimum absolute atomic E-state index is 0.765. The predicted octanol–water partition coefficient (Wildman–Crippen LogP) is 2.85. The number of hydrogen-bond donors (Lipinski definition) is 1. The number of aromatic amines is 1. The Morgan fingerprint density at radius 3 is 2.54 bits per heavy atom. The maximum absolute atomic E-state index is 5.44. The van der Waals surface area contributed by atoms with Crippen LogP contribution in [0.5, 0.6) is 11.5 Å². The van der Waals surface area contributed by atoms with Crippen molar-refractivity contribution in [2.24, 2.45) is 0 Å². The molecule has 0 aliphatic carbocycles. The summed E-state index contributed by atoms with van der Waals surface area (Å²) >= 11 is 0. The van der Waals surface area contributed by atoms with E-state index in [4.69, 9.17) is 9.47 Å². The Morgan fingerprint density at radius 1 is 1.04 bits per heavy atom. The lowest BCUT2D eigenvalue weighted by Gasteiger charge is -2.30. The number of ether oxygens (including phenoxy) is 2. The summed E-state index contributed by atoms with van der Waals surface area (Å²) in [5, 5.41) is 0. The summed E-state index contributed by atoms with van der Waals surface area (Å²) in [6.07, 6.45) is 2.58. The highest BCUT2D eigenvalue weighted by Gasteiger charge is 2.22. The highest BCUT2D eigenvalue weighted by molar-refractivity contribution is 5.86. The standard InChI is InChI=1S/C18H20N4O2/c1-11-6-14-17(21-11)18(20-10-19-14)22-5-4-12-7-15(23-2)16(24-3)8-13(12)9-22/h6-8,10,21H,4-5,9H2,1-3H3. The number of methoxy groups -OCH3 is 2. The molecule has 1 aromatic carbocycles. The molecule has 4 rings (SSSR count). The molecule has 2 aromatic heterocycles. The lowest BCUT2D eigenvalue weighted by atomic mass is 9.98. The smallest absolute Gasteiger partial charge is 0.161 e. The summed E-state index contributed by atoms with van der Waals surface area (Å²) in [4.78, 5) is 14.5. The van der Waals surface area contributed by atoms with E-state index in [1.54, 1.807) is 20.5 Å². The van der Waals surface area contributed by atoms with Crippen LogP contribution in [-0.2, 0) is 13.0 Å². The first-order valence-electron chi connectivity index (χ1n) is 7.98. The minimum Gasteiger partial charge on any atom is -0.493 e. The Labute approximate surface area is 140 Å². The molecule has 0 bridgehead atoms. The molecule has 6 nitrogen and oxygen atoms in total. The number of anilines is 1. The zero-order chi connectivity index (χ0) is 16.7. The van der Waals surface area contributed by atoms with E-state index in [-0.39, 0.29) is 0 Å². The van der Waals surface area contributed by atoms with Crippen LogP contribution in [0.15, 0.2) is 24.5 Å². The third-order valence-corrected chi connectivity index (χ3v) is 4.55. The fraction of sp³-hybridized carbons (Fsp3) is 0.333. The quantitative estimate of drug-likeness (QED) is 0.802. The van der Waals surface area contributed by atoms with Crippen molar-refractivity contribution in [3.63, 3.8) is 0 Å². The molecule has 1 N–H and O–H groups in total. The van der Waals surface area contributed by atoms with E-state index in [2.05, 4.69) is 32.0 Å². The minimum atomic E-state index is 0.765. The fourth-order valence-electron chi connectivity index (χ4n) is 3.36. The van der Waals surface area contributed by atoms with Crippen LogP contribution >= 0.6 is 0 Å². The van der Waals surface area contributed by atoms with E-state index in [1.165, 1.54) is 11.1 Å². The first kappa shape index (κ1) is 14.8. The van der Waals surface area contributed by atoms with Crippen LogP contribution in [0.2, 0.25) is 0 Å². The Hall–Kier alpha value is -2.76. The van der Waals surface area contributed by atoms with Crippen molar-refractivity contribution in [1.29, 1.82) is 0 Å². The summed E-state index contributed by atoms with van der Waals surface area (Å²) in [5.41, 5.74) is 5.59. The highest BCUT2D eigenvalue weighted by atomic mass is 16.5. The second kappa shape index (κ2) is 5.70. The summed E-state index contributed by atoms with van der Waals surface area (Å²) in [6, 6.07) is 6.20. The first-order valence-corrected chi connectivity index (χ1v) is 7.98. The van der Waals surface area contributed by atoms with E-state index in [0.29, 0.717) is 0 Å². The number of benzene rings is 1. The third-order valence-electron chi connectivity index (χ3n) is 4.55. The molecule has 124 valence electrons. The molecule has 0 unspecified atom stereocenters. The van der Waals surface area contributed by atoms with E-state index < -0.39 is 0 Å². The number of rotatable bonds is 3. The predicted molar refractivity (Wildman–Crippen MR) is 92.9 cm³/mol. The topological polar surface area (TPSA) is 63.3 Å². The molecule has 6 heteroatoms. The van der Waals surface area contributed by atoms with Gasteiger partial charge in [0.05, 0.1) is 19.7 Å². The SMILES string of the molecule is COc1cc2c(cc1OC)CN(c1ncnc3cc(C)[nH]c13)CC2. The number of hydrogen-bond acceptors (Lipinski definition) is 5. The maximum Gasteiger partial charge on any atom is 0.161 e. The van der Waals surface area contributed by atoms with Crippen molar-refractivity contribution in [1.82, 2.24) is 15.0 Å². The lowest BCUT2D eigenvalue weighted by Crippen LogP contribution is -2.31. The molecular formula is C18H20N4O2. The Kier molecular flexibility index (Phi) is 3.52. The molecule has 24 heavy (non-hydrogen) atoms. The third kappa shape index (κ3) is 2.35. The maximum atomic E-state index is 5.44. The molecule has 1 aliphatic rings. The molecule has 0 saturated carbocycles. The summed E-state index contributed by atoms with van der Waals surface area (Å²) in [5.74, 6) is 2.50. The number of aromatic nitrogens is 3. The van der Waals surface area contributed by atoms with Gasteiger partial charge in [0.25, 0.3) is 0 Å². The van der Waals surface area contributed by atoms with E-state index in [0.717, 1.165) is 53.6 Å². The van der Waals surface area contributed by atoms with Gasteiger partial charge < -0.3 is 19.4 Å². The van der Waals surface area contributed by atoms with Gasteiger partial charge in [0.1, 0.15) is 11.8 Å². The summed E-state index contributed by atoms with van der Waals surface area (Å²) in [6.45, 7) is 3.74. The Balaban J connectivity index is 1.73. The van der Waals surface area contributed by atoms with Gasteiger partial charge in [-0.25, -0.2) is 9.97 Å². The molecule has 3 aromatic rings. The summed E-state index contributed by atoms with van der Waals surface area (Å²) < 4.78 is 10.9. The molecule has 0 fully saturated rings. The molecule has 0 amide bonds. The van der Waals surface area contributed by atoms with Crippen LogP contribution in [0.3, 0.4) is 0 Å². The van der Waals surface area contributed by atoms with E-state index in [1.807, 2.05) is 13.0 Å². The van der Waals surface area contributed by atoms with Crippen LogP contribution in [0.1, 0.15) is 16.8 Å². The van der Waals surface area contributed by atoms with Crippen molar-refractivity contribution >= 4 is 16.9 Å². The van der Waals surface area contributed by atoms with Gasteiger partial charge in [0.2, 0.25) is 0 Å². The van der Waals surface area contributed by atoms with Gasteiger partial charge >= 0.3 is 0 Å². The van der Waals surface area contributed by atoms with Gasteiger partial charge in [0, 0.05) is 18.8 Å². The van der Waals surface area contributed by atoms with E-state index >= 15 is 0 Å². The number of nitrogens with zero attached hydrogens (tertiary/aromatic N) is 3. The molecule has 3 heterocycles. The highest BCUT2D eigenvalue weighted by Crippen LogP contribution is 2.35.